The van der Waals surface area contributed by atoms with Crippen molar-refractivity contribution < 1.29 is 18.8 Å². The molecule has 2 rings (SSSR count). The van der Waals surface area contributed by atoms with Crippen molar-refractivity contribution in [3.8, 4) is 0 Å². The molecule has 0 unspecified atom stereocenters. The average molecular weight is 265 g/mol. The number of nitrogens with zero attached hydrogens (tertiary/aromatic N) is 2. The standard InChI is InChI=1S/C12H12FN3O3/c1-12(2)11(19)15-9(17)6-16(12)10(18)7-3-4-14-5-8(7)13/h3-5H,6H2,1-2H3,(H,15,17,19). The minimum atomic E-state index is -1.22. The number of pyridine rings is 1. The highest BCUT2D eigenvalue weighted by Gasteiger charge is 2.44. The van der Waals surface area contributed by atoms with Gasteiger partial charge in [-0.3, -0.25) is 24.7 Å². The van der Waals surface area contributed by atoms with Crippen LogP contribution >= 0.6 is 0 Å². The van der Waals surface area contributed by atoms with E-state index in [2.05, 4.69) is 10.3 Å². The Hall–Kier alpha value is -2.31. The molecule has 0 spiro atoms. The number of carbonyl (C=O) groups is 3. The van der Waals surface area contributed by atoms with E-state index in [4.69, 9.17) is 0 Å². The Bertz CT molecular complexity index is 571. The molecule has 1 aromatic rings. The van der Waals surface area contributed by atoms with Gasteiger partial charge in [0, 0.05) is 6.20 Å². The van der Waals surface area contributed by atoms with Crippen LogP contribution in [0.25, 0.3) is 0 Å². The molecule has 1 aromatic heterocycles. The predicted octanol–water partition coefficient (Wildman–Crippen LogP) is 0.0979. The van der Waals surface area contributed by atoms with E-state index >= 15 is 0 Å². The fourth-order valence-electron chi connectivity index (χ4n) is 1.80. The molecule has 1 aliphatic rings. The van der Waals surface area contributed by atoms with Crippen molar-refractivity contribution in [2.45, 2.75) is 19.4 Å². The number of rotatable bonds is 1. The van der Waals surface area contributed by atoms with Gasteiger partial charge in [0.05, 0.1) is 11.8 Å². The first-order valence-electron chi connectivity index (χ1n) is 5.60. The van der Waals surface area contributed by atoms with E-state index < -0.39 is 29.1 Å². The molecular weight excluding hydrogens is 253 g/mol. The van der Waals surface area contributed by atoms with Gasteiger partial charge in [-0.05, 0) is 19.9 Å². The summed E-state index contributed by atoms with van der Waals surface area (Å²) in [4.78, 5) is 39.9. The lowest BCUT2D eigenvalue weighted by Crippen LogP contribution is -2.65. The van der Waals surface area contributed by atoms with Gasteiger partial charge >= 0.3 is 0 Å². The molecule has 0 saturated carbocycles. The number of imide groups is 1. The van der Waals surface area contributed by atoms with Crippen LogP contribution in [-0.4, -0.2) is 39.7 Å². The van der Waals surface area contributed by atoms with Gasteiger partial charge in [-0.15, -0.1) is 0 Å². The molecule has 6 nitrogen and oxygen atoms in total. The summed E-state index contributed by atoms with van der Waals surface area (Å²) < 4.78 is 13.5. The second kappa shape index (κ2) is 4.42. The topological polar surface area (TPSA) is 79.4 Å². The maximum atomic E-state index is 13.5. The van der Waals surface area contributed by atoms with Gasteiger partial charge in [0.2, 0.25) is 5.91 Å². The van der Waals surface area contributed by atoms with E-state index in [0.29, 0.717) is 0 Å². The van der Waals surface area contributed by atoms with Crippen molar-refractivity contribution in [1.82, 2.24) is 15.2 Å². The van der Waals surface area contributed by atoms with E-state index in [1.54, 1.807) is 0 Å². The number of hydrogen-bond acceptors (Lipinski definition) is 4. The van der Waals surface area contributed by atoms with Crippen molar-refractivity contribution in [3.63, 3.8) is 0 Å². The zero-order valence-corrected chi connectivity index (χ0v) is 10.4. The highest BCUT2D eigenvalue weighted by molar-refractivity contribution is 6.08. The molecule has 0 aliphatic carbocycles. The van der Waals surface area contributed by atoms with Gasteiger partial charge < -0.3 is 4.90 Å². The van der Waals surface area contributed by atoms with Crippen molar-refractivity contribution in [2.75, 3.05) is 6.54 Å². The van der Waals surface area contributed by atoms with Crippen LogP contribution in [0.15, 0.2) is 18.5 Å². The van der Waals surface area contributed by atoms with Gasteiger partial charge in [-0.25, -0.2) is 4.39 Å². The predicted molar refractivity (Wildman–Crippen MR) is 62.5 cm³/mol. The first-order chi connectivity index (χ1) is 8.84. The number of nitrogens with one attached hydrogen (secondary N) is 1. The highest BCUT2D eigenvalue weighted by Crippen LogP contribution is 2.21. The molecule has 1 aliphatic heterocycles. The highest BCUT2D eigenvalue weighted by atomic mass is 19.1. The SMILES string of the molecule is CC1(C)C(=O)NC(=O)CN1C(=O)c1ccncc1F. The minimum Gasteiger partial charge on any atom is -0.315 e. The van der Waals surface area contributed by atoms with Gasteiger partial charge in [0.1, 0.15) is 12.1 Å². The lowest BCUT2D eigenvalue weighted by Gasteiger charge is -2.40. The first-order valence-corrected chi connectivity index (χ1v) is 5.60. The maximum absolute atomic E-state index is 13.5. The summed E-state index contributed by atoms with van der Waals surface area (Å²) in [6, 6.07) is 1.21. The summed E-state index contributed by atoms with van der Waals surface area (Å²) in [5.41, 5.74) is -1.44. The van der Waals surface area contributed by atoms with Crippen LogP contribution in [-0.2, 0) is 9.59 Å². The van der Waals surface area contributed by atoms with Crippen molar-refractivity contribution in [2.24, 2.45) is 0 Å². The zero-order valence-electron chi connectivity index (χ0n) is 10.4. The molecule has 0 aromatic carbocycles. The smallest absolute Gasteiger partial charge is 0.258 e. The summed E-state index contributed by atoms with van der Waals surface area (Å²) in [6.45, 7) is 2.69. The van der Waals surface area contributed by atoms with E-state index in [0.717, 1.165) is 11.1 Å². The van der Waals surface area contributed by atoms with Gasteiger partial charge in [-0.1, -0.05) is 0 Å². The minimum absolute atomic E-state index is 0.217. The second-order valence-corrected chi connectivity index (χ2v) is 4.68. The summed E-state index contributed by atoms with van der Waals surface area (Å²) >= 11 is 0. The van der Waals surface area contributed by atoms with Crippen LogP contribution in [0.4, 0.5) is 4.39 Å². The van der Waals surface area contributed by atoms with Crippen molar-refractivity contribution in [3.05, 3.63) is 29.8 Å². The van der Waals surface area contributed by atoms with E-state index in [1.165, 1.54) is 26.1 Å². The second-order valence-electron chi connectivity index (χ2n) is 4.68. The fraction of sp³-hybridized carbons (Fsp3) is 0.333. The lowest BCUT2D eigenvalue weighted by atomic mass is 9.97. The maximum Gasteiger partial charge on any atom is 0.258 e. The Balaban J connectivity index is 2.40. The summed E-state index contributed by atoms with van der Waals surface area (Å²) in [6.07, 6.45) is 2.18. The van der Waals surface area contributed by atoms with E-state index in [1.807, 2.05) is 0 Å². The molecule has 2 heterocycles. The van der Waals surface area contributed by atoms with Crippen LogP contribution in [0.5, 0.6) is 0 Å². The normalized spacial score (nSPS) is 18.2. The molecule has 0 radical (unpaired) electrons. The van der Waals surface area contributed by atoms with E-state index in [-0.39, 0.29) is 12.1 Å². The zero-order chi connectivity index (χ0) is 14.2. The molecule has 1 N–H and O–H groups in total. The monoisotopic (exact) mass is 265 g/mol. The average Bonchev–Trinajstić information content (AvgIpc) is 2.34. The van der Waals surface area contributed by atoms with Crippen molar-refractivity contribution in [1.29, 1.82) is 0 Å². The van der Waals surface area contributed by atoms with Crippen LogP contribution in [0, 0.1) is 5.82 Å². The molecule has 19 heavy (non-hydrogen) atoms. The molecule has 7 heteroatoms. The molecule has 3 amide bonds. The molecule has 0 bridgehead atoms. The van der Waals surface area contributed by atoms with Crippen molar-refractivity contribution >= 4 is 17.7 Å². The fourth-order valence-corrected chi connectivity index (χ4v) is 1.80. The van der Waals surface area contributed by atoms with Crippen LogP contribution in [0.2, 0.25) is 0 Å². The van der Waals surface area contributed by atoms with Crippen LogP contribution < -0.4 is 5.32 Å². The van der Waals surface area contributed by atoms with Crippen LogP contribution in [0.1, 0.15) is 24.2 Å². The summed E-state index contributed by atoms with van der Waals surface area (Å²) in [5, 5.41) is 2.14. The van der Waals surface area contributed by atoms with Crippen LogP contribution in [0.3, 0.4) is 0 Å². The largest absolute Gasteiger partial charge is 0.315 e. The molecule has 1 saturated heterocycles. The Kier molecular flexibility index (Phi) is 3.05. The Morgan fingerprint density at radius 1 is 1.47 bits per heavy atom. The van der Waals surface area contributed by atoms with Gasteiger partial charge in [0.25, 0.3) is 11.8 Å². The Morgan fingerprint density at radius 2 is 2.16 bits per heavy atom. The quantitative estimate of drug-likeness (QED) is 0.730. The van der Waals surface area contributed by atoms with Gasteiger partial charge in [0.15, 0.2) is 5.82 Å². The first kappa shape index (κ1) is 13.1. The third-order valence-electron chi connectivity index (χ3n) is 3.03. The van der Waals surface area contributed by atoms with Gasteiger partial charge in [-0.2, -0.15) is 0 Å². The summed E-state index contributed by atoms with van der Waals surface area (Å²) in [5.74, 6) is -2.69. The number of aromatic nitrogens is 1. The molecular formula is C12H12FN3O3. The molecule has 1 fully saturated rings. The lowest BCUT2D eigenvalue weighted by molar-refractivity contribution is -0.143. The third kappa shape index (κ3) is 2.18. The number of piperazine rings is 1. The molecule has 100 valence electrons. The Morgan fingerprint density at radius 3 is 2.79 bits per heavy atom. The number of halogens is 1. The number of hydrogen-bond donors (Lipinski definition) is 1. The third-order valence-corrected chi connectivity index (χ3v) is 3.03. The summed E-state index contributed by atoms with van der Waals surface area (Å²) in [7, 11) is 0. The molecule has 0 atom stereocenters. The number of amides is 3. The Labute approximate surface area is 108 Å². The number of carbonyl (C=O) groups excluding carboxylic acids is 3. The van der Waals surface area contributed by atoms with E-state index in [9.17, 15) is 18.8 Å².